The third-order valence-corrected chi connectivity index (χ3v) is 4.22. The Kier molecular flexibility index (Phi) is 3.56. The van der Waals surface area contributed by atoms with E-state index in [2.05, 4.69) is 15.9 Å². The van der Waals surface area contributed by atoms with E-state index in [-0.39, 0.29) is 5.78 Å². The van der Waals surface area contributed by atoms with Gasteiger partial charge in [0.2, 0.25) is 0 Å². The Morgan fingerprint density at radius 1 is 1.38 bits per heavy atom. The topological polar surface area (TPSA) is 17.1 Å². The van der Waals surface area contributed by atoms with Gasteiger partial charge in [-0.15, -0.1) is 0 Å². The van der Waals surface area contributed by atoms with Crippen molar-refractivity contribution in [2.45, 2.75) is 13.3 Å². The number of carbonyl (C=O) groups is 1. The normalized spacial score (nSPS) is 10.4. The fraction of sp³-hybridized carbons (Fsp3) is 0.154. The summed E-state index contributed by atoms with van der Waals surface area (Å²) in [6.07, 6.45) is 0.478. The summed E-state index contributed by atoms with van der Waals surface area (Å²) in [4.78, 5) is 12.1. The molecule has 2 rings (SSSR count). The van der Waals surface area contributed by atoms with Crippen molar-refractivity contribution in [3.8, 4) is 0 Å². The van der Waals surface area contributed by atoms with Crippen LogP contribution in [-0.4, -0.2) is 5.78 Å². The van der Waals surface area contributed by atoms with E-state index in [0.717, 1.165) is 21.2 Å². The molecule has 1 aromatic heterocycles. The molecule has 16 heavy (non-hydrogen) atoms. The van der Waals surface area contributed by atoms with Crippen molar-refractivity contribution in [3.63, 3.8) is 0 Å². The van der Waals surface area contributed by atoms with Gasteiger partial charge in [0, 0.05) is 16.5 Å². The zero-order valence-corrected chi connectivity index (χ0v) is 11.3. The maximum atomic E-state index is 12.1. The zero-order chi connectivity index (χ0) is 11.5. The maximum Gasteiger partial charge on any atom is 0.168 e. The highest BCUT2D eigenvalue weighted by Gasteiger charge is 2.11. The molecule has 3 heteroatoms. The van der Waals surface area contributed by atoms with Crippen LogP contribution >= 0.6 is 27.3 Å². The summed E-state index contributed by atoms with van der Waals surface area (Å²) >= 11 is 5.09. The Labute approximate surface area is 107 Å². The van der Waals surface area contributed by atoms with Crippen LogP contribution in [0.4, 0.5) is 0 Å². The van der Waals surface area contributed by atoms with E-state index in [1.807, 2.05) is 41.9 Å². The zero-order valence-electron chi connectivity index (χ0n) is 8.87. The number of ketones is 1. The molecule has 0 radical (unpaired) electrons. The highest BCUT2D eigenvalue weighted by Crippen LogP contribution is 2.22. The molecule has 0 amide bonds. The summed E-state index contributed by atoms with van der Waals surface area (Å²) in [6.45, 7) is 1.99. The van der Waals surface area contributed by atoms with E-state index < -0.39 is 0 Å². The molecule has 0 aliphatic rings. The first-order valence-electron chi connectivity index (χ1n) is 4.98. The average Bonchev–Trinajstić information content (AvgIpc) is 2.74. The lowest BCUT2D eigenvalue weighted by atomic mass is 10.0. The quantitative estimate of drug-likeness (QED) is 0.774. The van der Waals surface area contributed by atoms with Crippen LogP contribution in [0, 0.1) is 6.92 Å². The molecule has 0 spiro atoms. The summed E-state index contributed by atoms with van der Waals surface area (Å²) in [5, 5.41) is 4.01. The molecule has 82 valence electrons. The molecule has 0 aliphatic carbocycles. The van der Waals surface area contributed by atoms with Crippen molar-refractivity contribution in [2.75, 3.05) is 0 Å². The highest BCUT2D eigenvalue weighted by atomic mass is 79.9. The molecule has 0 aliphatic heterocycles. The fourth-order valence-electron chi connectivity index (χ4n) is 1.54. The third kappa shape index (κ3) is 2.42. The summed E-state index contributed by atoms with van der Waals surface area (Å²) in [5.74, 6) is 0.161. The first-order chi connectivity index (χ1) is 7.68. The number of rotatable bonds is 3. The number of carbonyl (C=O) groups excluding carboxylic acids is 1. The van der Waals surface area contributed by atoms with Gasteiger partial charge in [-0.2, -0.15) is 11.3 Å². The molecule has 0 saturated carbocycles. The average molecular weight is 295 g/mol. The van der Waals surface area contributed by atoms with Crippen LogP contribution in [0.2, 0.25) is 0 Å². The predicted molar refractivity (Wildman–Crippen MR) is 71.2 cm³/mol. The lowest BCUT2D eigenvalue weighted by Crippen LogP contribution is -2.04. The summed E-state index contributed by atoms with van der Waals surface area (Å²) in [7, 11) is 0. The van der Waals surface area contributed by atoms with Gasteiger partial charge in [-0.1, -0.05) is 18.2 Å². The highest BCUT2D eigenvalue weighted by molar-refractivity contribution is 9.10. The molecule has 0 N–H and O–H groups in total. The van der Waals surface area contributed by atoms with Crippen molar-refractivity contribution in [1.29, 1.82) is 0 Å². The molecular weight excluding hydrogens is 284 g/mol. The first kappa shape index (κ1) is 11.6. The molecule has 0 bridgehead atoms. The van der Waals surface area contributed by atoms with Gasteiger partial charge in [0.1, 0.15) is 0 Å². The van der Waals surface area contributed by atoms with Crippen LogP contribution in [0.15, 0.2) is 39.5 Å². The molecule has 0 atom stereocenters. The van der Waals surface area contributed by atoms with Gasteiger partial charge in [-0.05, 0) is 50.8 Å². The molecular formula is C13H11BrOS. The summed E-state index contributed by atoms with van der Waals surface area (Å²) in [6, 6.07) is 7.77. The Hall–Kier alpha value is -0.930. The Morgan fingerprint density at radius 2 is 2.19 bits per heavy atom. The molecule has 1 aromatic carbocycles. The second-order valence-corrected chi connectivity index (χ2v) is 5.24. The Morgan fingerprint density at radius 3 is 2.88 bits per heavy atom. The van der Waals surface area contributed by atoms with Gasteiger partial charge in [-0.25, -0.2) is 0 Å². The van der Waals surface area contributed by atoms with Crippen LogP contribution < -0.4 is 0 Å². The van der Waals surface area contributed by atoms with Crippen LogP contribution in [0.5, 0.6) is 0 Å². The first-order valence-corrected chi connectivity index (χ1v) is 6.71. The largest absolute Gasteiger partial charge is 0.294 e. The third-order valence-electron chi connectivity index (χ3n) is 2.44. The number of Topliss-reactive ketones (excluding diaryl/α,β-unsaturated/α-hetero) is 1. The molecule has 0 fully saturated rings. The molecule has 2 aromatic rings. The van der Waals surface area contributed by atoms with Crippen molar-refractivity contribution in [2.24, 2.45) is 0 Å². The second kappa shape index (κ2) is 4.93. The smallest absolute Gasteiger partial charge is 0.168 e. The maximum absolute atomic E-state index is 12.1. The fourth-order valence-corrected chi connectivity index (χ4v) is 2.69. The van der Waals surface area contributed by atoms with Gasteiger partial charge in [0.25, 0.3) is 0 Å². The van der Waals surface area contributed by atoms with Crippen molar-refractivity contribution < 1.29 is 4.79 Å². The molecule has 1 heterocycles. The summed E-state index contributed by atoms with van der Waals surface area (Å²) in [5.41, 5.74) is 2.95. The number of aryl methyl sites for hydroxylation is 1. The van der Waals surface area contributed by atoms with Gasteiger partial charge >= 0.3 is 0 Å². The van der Waals surface area contributed by atoms with E-state index in [9.17, 15) is 4.79 Å². The van der Waals surface area contributed by atoms with E-state index in [1.165, 1.54) is 0 Å². The van der Waals surface area contributed by atoms with Crippen molar-refractivity contribution in [1.82, 2.24) is 0 Å². The lowest BCUT2D eigenvalue weighted by molar-refractivity contribution is 0.0992. The Balaban J connectivity index is 2.24. The van der Waals surface area contributed by atoms with E-state index >= 15 is 0 Å². The van der Waals surface area contributed by atoms with E-state index in [1.54, 1.807) is 11.3 Å². The second-order valence-electron chi connectivity index (χ2n) is 3.67. The van der Waals surface area contributed by atoms with Gasteiger partial charge in [0.15, 0.2) is 5.78 Å². The van der Waals surface area contributed by atoms with Crippen LogP contribution in [0.3, 0.4) is 0 Å². The van der Waals surface area contributed by atoms with Crippen LogP contribution in [0.25, 0.3) is 0 Å². The Bertz CT molecular complexity index is 503. The minimum absolute atomic E-state index is 0.161. The predicted octanol–water partition coefficient (Wildman–Crippen LogP) is 4.24. The van der Waals surface area contributed by atoms with Gasteiger partial charge < -0.3 is 0 Å². The van der Waals surface area contributed by atoms with Crippen LogP contribution in [-0.2, 0) is 6.42 Å². The van der Waals surface area contributed by atoms with Crippen molar-refractivity contribution >= 4 is 33.0 Å². The molecule has 0 unspecified atom stereocenters. The van der Waals surface area contributed by atoms with E-state index in [0.29, 0.717) is 6.42 Å². The lowest BCUT2D eigenvalue weighted by Gasteiger charge is -2.05. The SMILES string of the molecule is Cc1cccc(C(=O)Cc2ccsc2)c1Br. The minimum Gasteiger partial charge on any atom is -0.294 e. The summed E-state index contributed by atoms with van der Waals surface area (Å²) < 4.78 is 0.912. The van der Waals surface area contributed by atoms with E-state index in [4.69, 9.17) is 0 Å². The van der Waals surface area contributed by atoms with Gasteiger partial charge in [-0.3, -0.25) is 4.79 Å². The van der Waals surface area contributed by atoms with Gasteiger partial charge in [0.05, 0.1) is 0 Å². The monoisotopic (exact) mass is 294 g/mol. The number of halogens is 1. The number of thiophene rings is 1. The molecule has 0 saturated heterocycles. The number of hydrogen-bond acceptors (Lipinski definition) is 2. The van der Waals surface area contributed by atoms with Crippen molar-refractivity contribution in [3.05, 3.63) is 56.2 Å². The number of hydrogen-bond donors (Lipinski definition) is 0. The standard InChI is InChI=1S/C13H11BrOS/c1-9-3-2-4-11(13(9)14)12(15)7-10-5-6-16-8-10/h2-6,8H,7H2,1H3. The minimum atomic E-state index is 0.161. The number of benzene rings is 1. The molecule has 1 nitrogen and oxygen atoms in total. The van der Waals surface area contributed by atoms with Crippen LogP contribution in [0.1, 0.15) is 21.5 Å².